The molecule has 0 spiro atoms. The maximum Gasteiger partial charge on any atom is 0.335 e. The summed E-state index contributed by atoms with van der Waals surface area (Å²) < 4.78 is 155. The number of ether oxygens (including phenoxy) is 15. The van der Waals surface area contributed by atoms with Crippen molar-refractivity contribution >= 4 is 50.4 Å². The van der Waals surface area contributed by atoms with Gasteiger partial charge in [-0.1, -0.05) is 0 Å². The molecule has 0 bridgehead atoms. The van der Waals surface area contributed by atoms with E-state index >= 15 is 0 Å². The minimum absolute atomic E-state index is 0.824. The van der Waals surface area contributed by atoms with Gasteiger partial charge < -0.3 is 189 Å². The van der Waals surface area contributed by atoms with Crippen molar-refractivity contribution in [3.8, 4) is 0 Å². The number of aliphatic carboxylic acids is 4. The highest BCUT2D eigenvalue weighted by Gasteiger charge is 2.62. The number of amides is 1. The summed E-state index contributed by atoms with van der Waals surface area (Å²) >= 11 is 0. The molecule has 0 aliphatic carbocycles. The molecule has 8 aliphatic rings. The molecule has 103 heavy (non-hydrogen) atoms. The number of hydrogen-bond donors (Lipinski definition) is 27. The lowest BCUT2D eigenvalue weighted by Gasteiger charge is -2.50. The van der Waals surface area contributed by atoms with Gasteiger partial charge in [-0.05, 0) is 0 Å². The normalized spacial score (nSPS) is 47.1. The van der Waals surface area contributed by atoms with Gasteiger partial charge in [0.2, 0.25) is 5.91 Å². The summed E-state index contributed by atoms with van der Waals surface area (Å²) in [6, 6.07) is -7.18. The molecule has 594 valence electrons. The Hall–Kier alpha value is -4.23. The molecule has 8 saturated heterocycles. The summed E-state index contributed by atoms with van der Waals surface area (Å²) in [4.78, 5) is 62.7. The molecule has 0 aromatic carbocycles. The summed E-state index contributed by atoms with van der Waals surface area (Å²) in [5, 5.41) is 238. The van der Waals surface area contributed by atoms with Crippen LogP contribution in [0.1, 0.15) is 6.92 Å². The molecule has 0 radical (unpaired) electrons. The van der Waals surface area contributed by atoms with Gasteiger partial charge in [-0.3, -0.25) is 13.9 Å². The van der Waals surface area contributed by atoms with Crippen molar-refractivity contribution in [2.75, 3.05) is 33.0 Å². The largest absolute Gasteiger partial charge is 0.479 e. The van der Waals surface area contributed by atoms with Crippen LogP contribution in [0.4, 0.5) is 0 Å². The van der Waals surface area contributed by atoms with Gasteiger partial charge in [-0.2, -0.15) is 26.3 Å². The second-order valence-electron chi connectivity index (χ2n) is 24.4. The molecule has 1 amide bonds. The summed E-state index contributed by atoms with van der Waals surface area (Å²) in [5.74, 6) is -9.23. The Balaban J connectivity index is 0.965. The molecule has 51 nitrogen and oxygen atoms in total. The first-order valence-electron chi connectivity index (χ1n) is 30.5. The standard InChI is InChI=1S/C50H79N3O48S2/c1-7(59)51-13-17(61)30(92-47-25(69)20(64)21(65)36(98-47)40(73)74)10(4-56)88-44(13)95-33-22(66)27(71)49(100-37(33)41(75)76)93-31-11(5-57)90-46(15(18(31)62)53-103(84,85)86)97-35-24(68)28(72)50(101-39(35)43(79)80)94-32-12(6-58)89-45(14(19(32)63)52-102(81,82)83)96-34-23(67)26(70)48(99-38(34)42(77)78)91-29-9(3-55)87-8(2-54)16(29)60/h8-39,44-50,52-58,60-72H,2-6H2,1H3,(H,51,59)(H,73,74)(H,75,76)(H,77,78)(H,79,80)(H,81,82,83)(H,84,85,86)/t8-,9-,10-,11-,12-,13-,14-,15-,16-,17-,18-,19-,20+,21+,22-,23-,24-,25-,26-,27-,28-,29-,30-,31-,32-,33+,34+,35+,36-,37+,38-,39-,44-,45-,46-,47-,48-,49-,50-/m1/s1. The summed E-state index contributed by atoms with van der Waals surface area (Å²) in [5.41, 5.74) is 0. The average Bonchev–Trinajstić information content (AvgIpc) is 1.03. The highest BCUT2D eigenvalue weighted by atomic mass is 32.2. The Morgan fingerprint density at radius 3 is 0.835 bits per heavy atom. The number of carbonyl (C=O) groups excluding carboxylic acids is 1. The lowest BCUT2D eigenvalue weighted by Crippen LogP contribution is -2.71. The smallest absolute Gasteiger partial charge is 0.335 e. The van der Waals surface area contributed by atoms with E-state index in [1.807, 2.05) is 0 Å². The van der Waals surface area contributed by atoms with E-state index in [9.17, 15) is 162 Å². The fourth-order valence-corrected chi connectivity index (χ4v) is 13.7. The zero-order chi connectivity index (χ0) is 76.7. The highest BCUT2D eigenvalue weighted by Crippen LogP contribution is 2.39. The molecule has 8 aliphatic heterocycles. The maximum atomic E-state index is 13.0. The van der Waals surface area contributed by atoms with Crippen molar-refractivity contribution in [1.29, 1.82) is 0 Å². The van der Waals surface area contributed by atoms with Crippen LogP contribution in [0.3, 0.4) is 0 Å². The van der Waals surface area contributed by atoms with E-state index in [2.05, 4.69) is 5.32 Å². The van der Waals surface area contributed by atoms with Crippen LogP contribution in [0.25, 0.3) is 0 Å². The van der Waals surface area contributed by atoms with Crippen LogP contribution in [0, 0.1) is 0 Å². The number of nitrogens with one attached hydrogen (secondary N) is 3. The van der Waals surface area contributed by atoms with Crippen LogP contribution in [0.5, 0.6) is 0 Å². The molecule has 0 aromatic rings. The second kappa shape index (κ2) is 34.6. The summed E-state index contributed by atoms with van der Waals surface area (Å²) in [6.07, 6.45) is -84.3. The first-order chi connectivity index (χ1) is 48.1. The summed E-state index contributed by atoms with van der Waals surface area (Å²) in [6.45, 7) is -4.89. The van der Waals surface area contributed by atoms with Gasteiger partial charge in [-0.25, -0.2) is 19.2 Å². The SMILES string of the molecule is CC(=O)N[C@H]1[C@@H](O[C@H]2[C@H](O)[C@@H](O)[C@H](O[C@H]3[C@H](O)[C@@H](NS(=O)(=O)O)[C@@H](O[C@H]4[C@H](O)[C@@H](O)[C@H](O[C@H]5[C@H](O)[C@@H](NS(=O)(=O)O)[C@@H](O[C@H]6[C@H](O)[C@@H](O)[C@H](O[C@H]7[C@H](O)[C@@H](CO)O[C@@H]7CO)O[C@H]6C(=O)O)O[C@@H]5CO)O[C@H]4C(=O)O)O[C@@H]3CO)O[C@@H]2C(=O)O)O[C@H](CO)[C@@H](O[C@@H]2O[C@@H](C(=O)O)[C@@H](O)[C@H](O)[C@H]2O)[C@@H]1O. The molecular weight excluding hydrogens is 1470 g/mol. The molecule has 0 saturated carbocycles. The first-order valence-corrected chi connectivity index (χ1v) is 33.4. The highest BCUT2D eigenvalue weighted by molar-refractivity contribution is 7.84. The van der Waals surface area contributed by atoms with Crippen LogP contribution in [0.2, 0.25) is 0 Å². The predicted molar refractivity (Wildman–Crippen MR) is 302 cm³/mol. The quantitative estimate of drug-likeness (QED) is 0.0324. The molecule has 0 aromatic heterocycles. The van der Waals surface area contributed by atoms with Crippen molar-refractivity contribution in [3.05, 3.63) is 0 Å². The molecule has 53 heteroatoms. The Morgan fingerprint density at radius 1 is 0.301 bits per heavy atom. The van der Waals surface area contributed by atoms with Crippen molar-refractivity contribution < 1.29 is 233 Å². The van der Waals surface area contributed by atoms with Gasteiger partial charge in [0.1, 0.15) is 171 Å². The van der Waals surface area contributed by atoms with Crippen molar-refractivity contribution in [1.82, 2.24) is 14.8 Å². The third kappa shape index (κ3) is 18.6. The summed E-state index contributed by atoms with van der Waals surface area (Å²) in [7, 11) is -11.3. The van der Waals surface area contributed by atoms with E-state index in [4.69, 9.17) is 71.1 Å². The van der Waals surface area contributed by atoms with Crippen molar-refractivity contribution in [2.45, 2.75) is 246 Å². The fraction of sp³-hybridized carbons (Fsp3) is 0.900. The van der Waals surface area contributed by atoms with E-state index in [-0.39, 0.29) is 0 Å². The van der Waals surface area contributed by atoms with Gasteiger partial charge in [0.15, 0.2) is 68.4 Å². The maximum absolute atomic E-state index is 13.0. The molecule has 39 atom stereocenters. The first kappa shape index (κ1) is 84.4. The van der Waals surface area contributed by atoms with E-state index < -0.39 is 323 Å². The molecule has 27 N–H and O–H groups in total. The number of hydrogen-bond acceptors (Lipinski definition) is 42. The predicted octanol–water partition coefficient (Wildman–Crippen LogP) is -18.5. The second-order valence-corrected chi connectivity index (χ2v) is 26.7. The molecule has 8 fully saturated rings. The Morgan fingerprint density at radius 2 is 0.553 bits per heavy atom. The topological polar surface area (TPSA) is 814 Å². The number of carboxylic acids is 4. The van der Waals surface area contributed by atoms with E-state index in [0.717, 1.165) is 6.92 Å². The molecule has 8 heterocycles. The van der Waals surface area contributed by atoms with Crippen LogP contribution >= 0.6 is 0 Å². The average molecular weight is 1550 g/mol. The van der Waals surface area contributed by atoms with Gasteiger partial charge in [-0.15, -0.1) is 0 Å². The van der Waals surface area contributed by atoms with Crippen molar-refractivity contribution in [3.63, 3.8) is 0 Å². The van der Waals surface area contributed by atoms with Gasteiger partial charge in [0, 0.05) is 6.92 Å². The van der Waals surface area contributed by atoms with Gasteiger partial charge in [0.05, 0.1) is 33.0 Å². The minimum atomic E-state index is -5.69. The monoisotopic (exact) mass is 1550 g/mol. The Kier molecular flexibility index (Phi) is 28.3. The third-order valence-electron chi connectivity index (χ3n) is 17.5. The molecular formula is C50H79N3O48S2. The zero-order valence-electron chi connectivity index (χ0n) is 52.4. The van der Waals surface area contributed by atoms with Crippen LogP contribution < -0.4 is 14.8 Å². The number of carbonyl (C=O) groups is 5. The van der Waals surface area contributed by atoms with E-state index in [0.29, 0.717) is 0 Å². The number of aliphatic hydroxyl groups excluding tert-OH is 18. The van der Waals surface area contributed by atoms with Gasteiger partial charge >= 0.3 is 44.5 Å². The number of aliphatic hydroxyl groups is 18. The Bertz CT molecular complexity index is 3120. The van der Waals surface area contributed by atoms with Crippen LogP contribution in [-0.4, -0.2) is 440 Å². The fourth-order valence-electron chi connectivity index (χ4n) is 12.5. The zero-order valence-corrected chi connectivity index (χ0v) is 54.0. The van der Waals surface area contributed by atoms with Crippen LogP contribution in [-0.2, 0) is 116 Å². The number of rotatable bonds is 28. The third-order valence-corrected chi connectivity index (χ3v) is 18.6. The van der Waals surface area contributed by atoms with Crippen LogP contribution in [0.15, 0.2) is 0 Å². The van der Waals surface area contributed by atoms with Gasteiger partial charge in [0.25, 0.3) is 0 Å². The van der Waals surface area contributed by atoms with E-state index in [1.54, 1.807) is 0 Å². The Labute approximate surface area is 576 Å². The molecule has 8 rings (SSSR count). The van der Waals surface area contributed by atoms with E-state index in [1.165, 1.54) is 9.44 Å². The molecule has 0 unspecified atom stereocenters. The lowest BCUT2D eigenvalue weighted by atomic mass is 9.94. The number of carboxylic acid groups (broad SMARTS) is 4. The lowest BCUT2D eigenvalue weighted by molar-refractivity contribution is -0.381. The van der Waals surface area contributed by atoms with Crippen molar-refractivity contribution in [2.24, 2.45) is 0 Å². The minimum Gasteiger partial charge on any atom is -0.479 e.